The minimum Gasteiger partial charge on any atom is -0.378 e. The van der Waals surface area contributed by atoms with Crippen LogP contribution in [-0.2, 0) is 14.8 Å². The van der Waals surface area contributed by atoms with Crippen LogP contribution in [0.4, 0.5) is 0 Å². The third-order valence-corrected chi connectivity index (χ3v) is 4.58. The molecule has 0 aromatic heterocycles. The molecule has 1 fully saturated rings. The monoisotopic (exact) mass is 298 g/mol. The number of hydrogen-bond donors (Lipinski definition) is 2. The van der Waals surface area contributed by atoms with Crippen LogP contribution < -0.4 is 10.5 Å². The van der Waals surface area contributed by atoms with Crippen LogP contribution in [0, 0.1) is 0 Å². The molecule has 2 rings (SSSR count). The van der Waals surface area contributed by atoms with E-state index in [1.54, 1.807) is 12.1 Å². The molecule has 3 N–H and O–H groups in total. The van der Waals surface area contributed by atoms with E-state index in [4.69, 9.17) is 9.88 Å². The number of nitrogens with one attached hydrogen (secondary N) is 1. The summed E-state index contributed by atoms with van der Waals surface area (Å²) in [5.74, 6) is 0. The van der Waals surface area contributed by atoms with E-state index in [0.29, 0.717) is 12.1 Å². The van der Waals surface area contributed by atoms with E-state index in [0.717, 1.165) is 25.0 Å². The van der Waals surface area contributed by atoms with Gasteiger partial charge in [-0.2, -0.15) is 0 Å². The average molecular weight is 298 g/mol. The molecule has 0 spiro atoms. The van der Waals surface area contributed by atoms with Crippen molar-refractivity contribution < 1.29 is 13.2 Å². The maximum absolute atomic E-state index is 11.4. The Labute approximate surface area is 120 Å². The van der Waals surface area contributed by atoms with E-state index < -0.39 is 10.0 Å². The number of rotatable bonds is 6. The normalized spacial score (nSPS) is 24.1. The molecule has 1 unspecified atom stereocenters. The van der Waals surface area contributed by atoms with Crippen LogP contribution in [0.5, 0.6) is 0 Å². The van der Waals surface area contributed by atoms with E-state index in [-0.39, 0.29) is 10.9 Å². The number of hydrogen-bond acceptors (Lipinski definition) is 4. The summed E-state index contributed by atoms with van der Waals surface area (Å²) >= 11 is 0. The van der Waals surface area contributed by atoms with Gasteiger partial charge in [0.15, 0.2) is 0 Å². The van der Waals surface area contributed by atoms with Crippen molar-refractivity contribution in [2.75, 3.05) is 6.61 Å². The first-order chi connectivity index (χ1) is 9.40. The Morgan fingerprint density at radius 2 is 2.15 bits per heavy atom. The Morgan fingerprint density at radius 3 is 2.75 bits per heavy atom. The van der Waals surface area contributed by atoms with Gasteiger partial charge in [-0.15, -0.1) is 0 Å². The van der Waals surface area contributed by atoms with Crippen LogP contribution in [0.1, 0.15) is 38.3 Å². The van der Waals surface area contributed by atoms with Crippen molar-refractivity contribution in [2.45, 2.75) is 49.8 Å². The van der Waals surface area contributed by atoms with Gasteiger partial charge in [-0.25, -0.2) is 13.6 Å². The second-order valence-corrected chi connectivity index (χ2v) is 6.81. The molecular weight excluding hydrogens is 276 g/mol. The maximum atomic E-state index is 11.4. The largest absolute Gasteiger partial charge is 0.378 e. The topological polar surface area (TPSA) is 81.4 Å². The molecule has 0 saturated heterocycles. The lowest BCUT2D eigenvalue weighted by Crippen LogP contribution is -2.46. The molecule has 1 aromatic carbocycles. The average Bonchev–Trinajstić information content (AvgIpc) is 2.35. The van der Waals surface area contributed by atoms with Gasteiger partial charge in [0.2, 0.25) is 10.0 Å². The van der Waals surface area contributed by atoms with Gasteiger partial charge < -0.3 is 10.1 Å². The minimum atomic E-state index is -3.64. The number of primary sulfonamides is 1. The predicted octanol–water partition coefficient (Wildman–Crippen LogP) is 1.55. The van der Waals surface area contributed by atoms with Crippen LogP contribution in [0.2, 0.25) is 0 Å². The van der Waals surface area contributed by atoms with Gasteiger partial charge in [0.25, 0.3) is 0 Å². The fraction of sp³-hybridized carbons (Fsp3) is 0.571. The Hall–Kier alpha value is -0.950. The molecule has 1 saturated carbocycles. The van der Waals surface area contributed by atoms with Gasteiger partial charge in [0, 0.05) is 18.7 Å². The Morgan fingerprint density at radius 1 is 1.45 bits per heavy atom. The Balaban J connectivity index is 1.95. The number of benzene rings is 1. The fourth-order valence-corrected chi connectivity index (χ4v) is 3.05. The van der Waals surface area contributed by atoms with Crippen molar-refractivity contribution in [3.05, 3.63) is 29.8 Å². The maximum Gasteiger partial charge on any atom is 0.238 e. The highest BCUT2D eigenvalue weighted by Gasteiger charge is 2.30. The van der Waals surface area contributed by atoms with Crippen LogP contribution in [0.25, 0.3) is 0 Å². The van der Waals surface area contributed by atoms with E-state index in [1.165, 1.54) is 6.07 Å². The summed E-state index contributed by atoms with van der Waals surface area (Å²) in [5.41, 5.74) is 0.927. The van der Waals surface area contributed by atoms with E-state index in [2.05, 4.69) is 5.32 Å². The molecule has 1 aliphatic carbocycles. The highest BCUT2D eigenvalue weighted by Crippen LogP contribution is 2.26. The molecule has 0 heterocycles. The molecule has 0 bridgehead atoms. The van der Waals surface area contributed by atoms with Crippen molar-refractivity contribution in [2.24, 2.45) is 5.14 Å². The predicted molar refractivity (Wildman–Crippen MR) is 77.8 cm³/mol. The lowest BCUT2D eigenvalue weighted by molar-refractivity contribution is -0.0120. The van der Waals surface area contributed by atoms with Crippen LogP contribution in [0.3, 0.4) is 0 Å². The summed E-state index contributed by atoms with van der Waals surface area (Å²) < 4.78 is 28.2. The zero-order chi connectivity index (χ0) is 14.8. The van der Waals surface area contributed by atoms with Crippen molar-refractivity contribution >= 4 is 10.0 Å². The summed E-state index contributed by atoms with van der Waals surface area (Å²) in [6.07, 6.45) is 2.38. The highest BCUT2D eigenvalue weighted by molar-refractivity contribution is 7.89. The van der Waals surface area contributed by atoms with Gasteiger partial charge in [-0.1, -0.05) is 12.1 Å². The van der Waals surface area contributed by atoms with E-state index in [9.17, 15) is 8.42 Å². The summed E-state index contributed by atoms with van der Waals surface area (Å²) in [6.45, 7) is 4.78. The summed E-state index contributed by atoms with van der Waals surface area (Å²) in [5, 5.41) is 8.64. The van der Waals surface area contributed by atoms with Gasteiger partial charge >= 0.3 is 0 Å². The molecular formula is C14H22N2O3S. The standard InChI is InChI=1S/C14H22N2O3S/c1-3-19-13-8-12(9-13)16-10(2)11-5-4-6-14(7-11)20(15,17)18/h4-7,10,12-13,16H,3,8-9H2,1-2H3,(H2,15,17,18). The SMILES string of the molecule is CCOC1CC(NC(C)c2cccc(S(N)(=O)=O)c2)C1. The molecule has 1 atom stereocenters. The second kappa shape index (κ2) is 6.22. The van der Waals surface area contributed by atoms with Crippen LogP contribution >= 0.6 is 0 Å². The fourth-order valence-electron chi connectivity index (χ4n) is 2.48. The van der Waals surface area contributed by atoms with Crippen LogP contribution in [0.15, 0.2) is 29.2 Å². The van der Waals surface area contributed by atoms with Crippen molar-refractivity contribution in [1.29, 1.82) is 0 Å². The summed E-state index contributed by atoms with van der Waals surface area (Å²) in [4.78, 5) is 0.157. The molecule has 20 heavy (non-hydrogen) atoms. The minimum absolute atomic E-state index is 0.0873. The molecule has 112 valence electrons. The summed E-state index contributed by atoms with van der Waals surface area (Å²) in [6, 6.07) is 7.29. The molecule has 5 nitrogen and oxygen atoms in total. The number of sulfonamides is 1. The van der Waals surface area contributed by atoms with Gasteiger partial charge in [0.1, 0.15) is 0 Å². The first kappa shape index (κ1) is 15.4. The van der Waals surface area contributed by atoms with E-state index in [1.807, 2.05) is 19.9 Å². The lowest BCUT2D eigenvalue weighted by atomic mass is 9.88. The lowest BCUT2D eigenvalue weighted by Gasteiger charge is -2.37. The van der Waals surface area contributed by atoms with Gasteiger partial charge in [-0.3, -0.25) is 0 Å². The Bertz CT molecular complexity index is 553. The van der Waals surface area contributed by atoms with Crippen LogP contribution in [-0.4, -0.2) is 27.2 Å². The Kier molecular flexibility index (Phi) is 4.80. The van der Waals surface area contributed by atoms with Crippen molar-refractivity contribution in [1.82, 2.24) is 5.32 Å². The smallest absolute Gasteiger partial charge is 0.238 e. The molecule has 1 aliphatic rings. The number of nitrogens with two attached hydrogens (primary N) is 1. The first-order valence-corrected chi connectivity index (χ1v) is 8.45. The van der Waals surface area contributed by atoms with Gasteiger partial charge in [0.05, 0.1) is 11.0 Å². The number of ether oxygens (including phenoxy) is 1. The third-order valence-electron chi connectivity index (χ3n) is 3.67. The second-order valence-electron chi connectivity index (χ2n) is 5.25. The molecule has 6 heteroatoms. The third kappa shape index (κ3) is 3.79. The van der Waals surface area contributed by atoms with Crippen molar-refractivity contribution in [3.8, 4) is 0 Å². The quantitative estimate of drug-likeness (QED) is 0.835. The molecule has 1 aromatic rings. The van der Waals surface area contributed by atoms with E-state index >= 15 is 0 Å². The molecule has 0 aliphatic heterocycles. The molecule has 0 amide bonds. The van der Waals surface area contributed by atoms with Gasteiger partial charge in [-0.05, 0) is 44.4 Å². The summed E-state index contributed by atoms with van der Waals surface area (Å²) in [7, 11) is -3.64. The zero-order valence-corrected chi connectivity index (χ0v) is 12.7. The molecule has 0 radical (unpaired) electrons. The first-order valence-electron chi connectivity index (χ1n) is 6.90. The highest BCUT2D eigenvalue weighted by atomic mass is 32.2. The zero-order valence-electron chi connectivity index (χ0n) is 11.9. The van der Waals surface area contributed by atoms with Crippen molar-refractivity contribution in [3.63, 3.8) is 0 Å².